The third kappa shape index (κ3) is 4.62. The van der Waals surface area contributed by atoms with Gasteiger partial charge in [-0.1, -0.05) is 29.5 Å². The molecular formula is C23H21N3O5S2. The van der Waals surface area contributed by atoms with Crippen LogP contribution in [0.2, 0.25) is 0 Å². The highest BCUT2D eigenvalue weighted by Crippen LogP contribution is 2.26. The number of amides is 1. The molecule has 10 heteroatoms. The number of aromatic nitrogens is 1. The van der Waals surface area contributed by atoms with Crippen molar-refractivity contribution in [3.8, 4) is 5.75 Å². The minimum atomic E-state index is -4.01. The molecule has 0 saturated carbocycles. The highest BCUT2D eigenvalue weighted by atomic mass is 32.2. The van der Waals surface area contributed by atoms with E-state index >= 15 is 0 Å². The van der Waals surface area contributed by atoms with Crippen molar-refractivity contribution in [2.24, 2.45) is 7.05 Å². The van der Waals surface area contributed by atoms with Crippen LogP contribution in [0, 0.1) is 0 Å². The predicted octanol–water partition coefficient (Wildman–Crippen LogP) is 3.44. The number of rotatable bonds is 7. The first-order valence-electron chi connectivity index (χ1n) is 9.91. The molecule has 0 fully saturated rings. The Kier molecular flexibility index (Phi) is 6.21. The molecule has 0 spiro atoms. The first-order valence-corrected chi connectivity index (χ1v) is 12.2. The number of nitrogens with one attached hydrogen (secondary N) is 1. The van der Waals surface area contributed by atoms with Gasteiger partial charge in [-0.3, -0.25) is 13.9 Å². The number of anilines is 2. The van der Waals surface area contributed by atoms with Crippen LogP contribution in [0.4, 0.5) is 11.4 Å². The van der Waals surface area contributed by atoms with E-state index in [0.717, 1.165) is 25.9 Å². The Balaban J connectivity index is 1.64. The van der Waals surface area contributed by atoms with Crippen LogP contribution in [0.5, 0.6) is 5.75 Å². The Hall–Kier alpha value is -3.63. The van der Waals surface area contributed by atoms with Crippen LogP contribution >= 0.6 is 11.3 Å². The normalized spacial score (nSPS) is 11.3. The molecule has 0 aliphatic rings. The van der Waals surface area contributed by atoms with Crippen LogP contribution in [0.1, 0.15) is 0 Å². The number of hydrogen-bond donors (Lipinski definition) is 1. The summed E-state index contributed by atoms with van der Waals surface area (Å²) in [6.07, 6.45) is 0. The quantitative estimate of drug-likeness (QED) is 0.434. The van der Waals surface area contributed by atoms with E-state index in [1.165, 1.54) is 23.8 Å². The third-order valence-electron chi connectivity index (χ3n) is 5.05. The van der Waals surface area contributed by atoms with E-state index in [2.05, 4.69) is 5.32 Å². The Bertz CT molecular complexity index is 1460. The van der Waals surface area contributed by atoms with Gasteiger partial charge in [-0.2, -0.15) is 0 Å². The molecule has 4 rings (SSSR count). The largest absolute Gasteiger partial charge is 0.497 e. The van der Waals surface area contributed by atoms with Crippen LogP contribution in [0.15, 0.2) is 82.5 Å². The summed E-state index contributed by atoms with van der Waals surface area (Å²) >= 11 is 1.07. The Morgan fingerprint density at radius 1 is 1.06 bits per heavy atom. The number of methoxy groups -OCH3 is 1. The Labute approximate surface area is 194 Å². The zero-order valence-corrected chi connectivity index (χ0v) is 19.5. The molecule has 4 aromatic rings. The predicted molar refractivity (Wildman–Crippen MR) is 130 cm³/mol. The zero-order chi connectivity index (χ0) is 23.6. The molecule has 1 heterocycles. The van der Waals surface area contributed by atoms with Gasteiger partial charge in [-0.05, 0) is 54.6 Å². The molecule has 170 valence electrons. The van der Waals surface area contributed by atoms with Crippen LogP contribution in [-0.4, -0.2) is 32.5 Å². The van der Waals surface area contributed by atoms with Gasteiger partial charge in [-0.15, -0.1) is 0 Å². The lowest BCUT2D eigenvalue weighted by atomic mass is 10.3. The number of aryl methyl sites for hydroxylation is 1. The molecule has 8 nitrogen and oxygen atoms in total. The van der Waals surface area contributed by atoms with Crippen molar-refractivity contribution >= 4 is 48.9 Å². The highest BCUT2D eigenvalue weighted by Gasteiger charge is 2.27. The highest BCUT2D eigenvalue weighted by molar-refractivity contribution is 7.92. The van der Waals surface area contributed by atoms with E-state index in [1.807, 2.05) is 0 Å². The van der Waals surface area contributed by atoms with Gasteiger partial charge in [0.25, 0.3) is 10.0 Å². The maximum absolute atomic E-state index is 13.4. The van der Waals surface area contributed by atoms with E-state index in [4.69, 9.17) is 4.74 Å². The summed E-state index contributed by atoms with van der Waals surface area (Å²) in [5, 5.41) is 2.73. The molecule has 0 bridgehead atoms. The fourth-order valence-corrected chi connectivity index (χ4v) is 5.69. The van der Waals surface area contributed by atoms with Gasteiger partial charge in [-0.25, -0.2) is 8.42 Å². The van der Waals surface area contributed by atoms with E-state index in [1.54, 1.807) is 67.7 Å². The van der Waals surface area contributed by atoms with Crippen molar-refractivity contribution in [2.75, 3.05) is 23.3 Å². The molecular weight excluding hydrogens is 462 g/mol. The molecule has 1 amide bonds. The first-order chi connectivity index (χ1) is 15.8. The Morgan fingerprint density at radius 2 is 1.76 bits per heavy atom. The number of fused-ring (bicyclic) bond motifs is 1. The second-order valence-electron chi connectivity index (χ2n) is 7.18. The van der Waals surface area contributed by atoms with Gasteiger partial charge in [0.15, 0.2) is 0 Å². The average Bonchev–Trinajstić information content (AvgIpc) is 3.10. The van der Waals surface area contributed by atoms with Crippen LogP contribution < -0.4 is 19.2 Å². The van der Waals surface area contributed by atoms with Crippen molar-refractivity contribution in [2.45, 2.75) is 4.90 Å². The number of carbonyl (C=O) groups excluding carboxylic acids is 1. The molecule has 33 heavy (non-hydrogen) atoms. The summed E-state index contributed by atoms with van der Waals surface area (Å²) in [6.45, 7) is -0.438. The molecule has 0 saturated heterocycles. The topological polar surface area (TPSA) is 97.7 Å². The second kappa shape index (κ2) is 9.08. The number of carbonyl (C=O) groups is 1. The summed E-state index contributed by atoms with van der Waals surface area (Å²) in [6, 6.07) is 19.5. The number of hydrogen-bond acceptors (Lipinski definition) is 6. The second-order valence-corrected chi connectivity index (χ2v) is 10.0. The van der Waals surface area contributed by atoms with E-state index < -0.39 is 22.5 Å². The van der Waals surface area contributed by atoms with Gasteiger partial charge in [0.1, 0.15) is 12.3 Å². The monoisotopic (exact) mass is 483 g/mol. The molecule has 3 aromatic carbocycles. The van der Waals surface area contributed by atoms with Gasteiger partial charge >= 0.3 is 4.87 Å². The smallest absolute Gasteiger partial charge is 0.307 e. The standard InChI is InChI=1S/C23H21N3O5S2/c1-25-20-13-8-16(14-21(20)32-23(25)28)24-22(27)15-26(17-9-11-18(31-2)12-10-17)33(29,30)19-6-4-3-5-7-19/h3-14H,15H2,1-2H3,(H,24,27). The van der Waals surface area contributed by atoms with Gasteiger partial charge in [0.05, 0.1) is 27.9 Å². The summed E-state index contributed by atoms with van der Waals surface area (Å²) in [5.41, 5.74) is 1.56. The lowest BCUT2D eigenvalue weighted by Crippen LogP contribution is -2.38. The molecule has 0 aliphatic heterocycles. The van der Waals surface area contributed by atoms with Crippen LogP contribution in [0.3, 0.4) is 0 Å². The first kappa shape index (κ1) is 22.6. The van der Waals surface area contributed by atoms with Crippen molar-refractivity contribution in [3.05, 3.63) is 82.5 Å². The number of nitrogens with zero attached hydrogens (tertiary/aromatic N) is 2. The molecule has 0 aliphatic carbocycles. The fraction of sp³-hybridized carbons (Fsp3) is 0.130. The molecule has 0 atom stereocenters. The maximum Gasteiger partial charge on any atom is 0.307 e. The van der Waals surface area contributed by atoms with Crippen LogP contribution in [-0.2, 0) is 21.9 Å². The van der Waals surface area contributed by atoms with Crippen molar-refractivity contribution in [3.63, 3.8) is 0 Å². The number of sulfonamides is 1. The summed E-state index contributed by atoms with van der Waals surface area (Å²) in [5.74, 6) is 0.0448. The van der Waals surface area contributed by atoms with Crippen molar-refractivity contribution in [1.82, 2.24) is 4.57 Å². The zero-order valence-electron chi connectivity index (χ0n) is 17.9. The summed E-state index contributed by atoms with van der Waals surface area (Å²) in [7, 11) is -0.813. The van der Waals surface area contributed by atoms with Gasteiger partial charge < -0.3 is 14.6 Å². The van der Waals surface area contributed by atoms with Crippen molar-refractivity contribution in [1.29, 1.82) is 0 Å². The van der Waals surface area contributed by atoms with Gasteiger partial charge in [0.2, 0.25) is 5.91 Å². The molecule has 1 aromatic heterocycles. The molecule has 0 radical (unpaired) electrons. The number of benzene rings is 3. The molecule has 1 N–H and O–H groups in total. The Morgan fingerprint density at radius 3 is 2.42 bits per heavy atom. The van der Waals surface area contributed by atoms with E-state index in [-0.39, 0.29) is 9.77 Å². The maximum atomic E-state index is 13.4. The minimum Gasteiger partial charge on any atom is -0.497 e. The molecule has 0 unspecified atom stereocenters. The fourth-order valence-electron chi connectivity index (χ4n) is 3.33. The van der Waals surface area contributed by atoms with E-state index in [0.29, 0.717) is 17.1 Å². The van der Waals surface area contributed by atoms with Crippen molar-refractivity contribution < 1.29 is 17.9 Å². The SMILES string of the molecule is COc1ccc(N(CC(=O)Nc2ccc3c(c2)sc(=O)n3C)S(=O)(=O)c2ccccc2)cc1. The van der Waals surface area contributed by atoms with Gasteiger partial charge in [0, 0.05) is 12.7 Å². The van der Waals surface area contributed by atoms with Crippen LogP contribution in [0.25, 0.3) is 10.2 Å². The van der Waals surface area contributed by atoms with E-state index in [9.17, 15) is 18.0 Å². The average molecular weight is 484 g/mol. The third-order valence-corrected chi connectivity index (χ3v) is 7.84. The number of thiazole rings is 1. The lowest BCUT2D eigenvalue weighted by molar-refractivity contribution is -0.114. The minimum absolute atomic E-state index is 0.0732. The number of ether oxygens (including phenoxy) is 1. The lowest BCUT2D eigenvalue weighted by Gasteiger charge is -2.24. The summed E-state index contributed by atoms with van der Waals surface area (Å²) in [4.78, 5) is 24.7. The summed E-state index contributed by atoms with van der Waals surface area (Å²) < 4.78 is 35.2.